The largest absolute Gasteiger partial charge is 0.313 e. The molecule has 1 aromatic rings. The van der Waals surface area contributed by atoms with Crippen molar-refractivity contribution in [1.29, 1.82) is 0 Å². The summed E-state index contributed by atoms with van der Waals surface area (Å²) in [6.07, 6.45) is 1.20. The average Bonchev–Trinajstić information content (AvgIpc) is 2.26. The zero-order valence-electron chi connectivity index (χ0n) is 10.8. The molecular weight excluding hydrogens is 214 g/mol. The van der Waals surface area contributed by atoms with Gasteiger partial charge in [-0.1, -0.05) is 31.5 Å². The van der Waals surface area contributed by atoms with Crippen LogP contribution in [-0.2, 0) is 0 Å². The van der Waals surface area contributed by atoms with E-state index >= 15 is 0 Å². The van der Waals surface area contributed by atoms with Crippen molar-refractivity contribution in [2.24, 2.45) is 0 Å². The summed E-state index contributed by atoms with van der Waals surface area (Å²) in [5.74, 6) is 0. The van der Waals surface area contributed by atoms with Crippen LogP contribution in [0.2, 0.25) is 0 Å². The molecule has 0 aromatic heterocycles. The molecule has 90 valence electrons. The van der Waals surface area contributed by atoms with Crippen LogP contribution in [0.25, 0.3) is 0 Å². The first-order valence-electron chi connectivity index (χ1n) is 6.08. The van der Waals surface area contributed by atoms with Crippen LogP contribution in [0.1, 0.15) is 32.8 Å². The molecule has 0 heterocycles. The number of benzene rings is 1. The van der Waals surface area contributed by atoms with Gasteiger partial charge in [0, 0.05) is 22.7 Å². The first-order chi connectivity index (χ1) is 7.61. The maximum absolute atomic E-state index is 3.55. The van der Waals surface area contributed by atoms with E-state index in [1.807, 2.05) is 11.8 Å². The molecule has 0 amide bonds. The van der Waals surface area contributed by atoms with Crippen molar-refractivity contribution in [2.45, 2.75) is 50.3 Å². The lowest BCUT2D eigenvalue weighted by Gasteiger charge is -2.16. The molecule has 1 N–H and O–H groups in total. The number of nitrogens with one attached hydrogen (secondary N) is 1. The standard InChI is InChI=1S/C14H23NS/c1-5-12(3)15-10-13(4)16-14-8-6-7-11(2)9-14/h6-9,12-13,15H,5,10H2,1-4H3. The van der Waals surface area contributed by atoms with Crippen LogP contribution in [0.5, 0.6) is 0 Å². The van der Waals surface area contributed by atoms with Crippen molar-refractivity contribution in [3.8, 4) is 0 Å². The maximum atomic E-state index is 3.55. The molecule has 0 radical (unpaired) electrons. The molecule has 0 aliphatic heterocycles. The van der Waals surface area contributed by atoms with Crippen molar-refractivity contribution in [3.63, 3.8) is 0 Å². The fourth-order valence-electron chi connectivity index (χ4n) is 1.47. The highest BCUT2D eigenvalue weighted by Gasteiger charge is 2.06. The van der Waals surface area contributed by atoms with Crippen molar-refractivity contribution in [1.82, 2.24) is 5.32 Å². The van der Waals surface area contributed by atoms with Crippen LogP contribution in [0, 0.1) is 6.92 Å². The molecule has 0 aliphatic rings. The second-order valence-corrected chi connectivity index (χ2v) is 5.97. The molecule has 16 heavy (non-hydrogen) atoms. The van der Waals surface area contributed by atoms with E-state index in [0.29, 0.717) is 11.3 Å². The molecule has 0 saturated carbocycles. The van der Waals surface area contributed by atoms with Gasteiger partial charge in [0.25, 0.3) is 0 Å². The van der Waals surface area contributed by atoms with Gasteiger partial charge in [0.15, 0.2) is 0 Å². The van der Waals surface area contributed by atoms with Gasteiger partial charge in [0.05, 0.1) is 0 Å². The first-order valence-corrected chi connectivity index (χ1v) is 6.96. The molecule has 0 spiro atoms. The summed E-state index contributed by atoms with van der Waals surface area (Å²) < 4.78 is 0. The van der Waals surface area contributed by atoms with E-state index in [2.05, 4.69) is 57.3 Å². The van der Waals surface area contributed by atoms with E-state index < -0.39 is 0 Å². The molecule has 1 rings (SSSR count). The van der Waals surface area contributed by atoms with Crippen molar-refractivity contribution >= 4 is 11.8 Å². The molecule has 0 bridgehead atoms. The molecule has 2 unspecified atom stereocenters. The Hall–Kier alpha value is -0.470. The van der Waals surface area contributed by atoms with Gasteiger partial charge in [-0.15, -0.1) is 11.8 Å². The highest BCUT2D eigenvalue weighted by Crippen LogP contribution is 2.23. The maximum Gasteiger partial charge on any atom is 0.0191 e. The van der Waals surface area contributed by atoms with E-state index in [9.17, 15) is 0 Å². The fraction of sp³-hybridized carbons (Fsp3) is 0.571. The van der Waals surface area contributed by atoms with Crippen molar-refractivity contribution in [3.05, 3.63) is 29.8 Å². The van der Waals surface area contributed by atoms with E-state index in [1.165, 1.54) is 16.9 Å². The zero-order valence-corrected chi connectivity index (χ0v) is 11.6. The molecule has 0 fully saturated rings. The lowest BCUT2D eigenvalue weighted by atomic mass is 10.2. The van der Waals surface area contributed by atoms with E-state index in [4.69, 9.17) is 0 Å². The monoisotopic (exact) mass is 237 g/mol. The minimum Gasteiger partial charge on any atom is -0.313 e. The highest BCUT2D eigenvalue weighted by atomic mass is 32.2. The smallest absolute Gasteiger partial charge is 0.0191 e. The second kappa shape index (κ2) is 6.97. The van der Waals surface area contributed by atoms with E-state index in [-0.39, 0.29) is 0 Å². The summed E-state index contributed by atoms with van der Waals surface area (Å²) >= 11 is 1.95. The number of hydrogen-bond acceptors (Lipinski definition) is 2. The van der Waals surface area contributed by atoms with Gasteiger partial charge in [-0.25, -0.2) is 0 Å². The summed E-state index contributed by atoms with van der Waals surface area (Å²) in [7, 11) is 0. The van der Waals surface area contributed by atoms with Crippen molar-refractivity contribution < 1.29 is 0 Å². The third-order valence-electron chi connectivity index (χ3n) is 2.69. The molecule has 1 nitrogen and oxygen atoms in total. The van der Waals surface area contributed by atoms with Gasteiger partial charge >= 0.3 is 0 Å². The Balaban J connectivity index is 2.36. The van der Waals surface area contributed by atoms with Gasteiger partial charge in [-0.3, -0.25) is 0 Å². The average molecular weight is 237 g/mol. The molecule has 0 saturated heterocycles. The summed E-state index contributed by atoms with van der Waals surface area (Å²) in [5.41, 5.74) is 1.34. The zero-order chi connectivity index (χ0) is 12.0. The SMILES string of the molecule is CCC(C)NCC(C)Sc1cccc(C)c1. The predicted octanol–water partition coefficient (Wildman–Crippen LogP) is 3.86. The van der Waals surface area contributed by atoms with Crippen LogP contribution in [-0.4, -0.2) is 17.8 Å². The van der Waals surface area contributed by atoms with Crippen LogP contribution in [0.4, 0.5) is 0 Å². The predicted molar refractivity (Wildman–Crippen MR) is 74.3 cm³/mol. The van der Waals surface area contributed by atoms with Crippen LogP contribution < -0.4 is 5.32 Å². The normalized spacial score (nSPS) is 14.8. The Labute approximate surface area is 104 Å². The minimum atomic E-state index is 0.621. The third kappa shape index (κ3) is 5.04. The summed E-state index contributed by atoms with van der Waals surface area (Å²) in [6.45, 7) is 9.96. The third-order valence-corrected chi connectivity index (χ3v) is 3.79. The Morgan fingerprint density at radius 2 is 2.06 bits per heavy atom. The Kier molecular flexibility index (Phi) is 5.93. The lowest BCUT2D eigenvalue weighted by Crippen LogP contribution is -2.30. The number of rotatable bonds is 6. The Morgan fingerprint density at radius 1 is 1.31 bits per heavy atom. The number of aryl methyl sites for hydroxylation is 1. The van der Waals surface area contributed by atoms with Gasteiger partial charge in [0.1, 0.15) is 0 Å². The number of thioether (sulfide) groups is 1. The second-order valence-electron chi connectivity index (χ2n) is 4.46. The van der Waals surface area contributed by atoms with E-state index in [0.717, 1.165) is 6.54 Å². The quantitative estimate of drug-likeness (QED) is 0.754. The van der Waals surface area contributed by atoms with E-state index in [1.54, 1.807) is 0 Å². The van der Waals surface area contributed by atoms with Crippen LogP contribution in [0.15, 0.2) is 29.2 Å². The molecule has 2 atom stereocenters. The van der Waals surface area contributed by atoms with Gasteiger partial charge in [-0.2, -0.15) is 0 Å². The van der Waals surface area contributed by atoms with Crippen molar-refractivity contribution in [2.75, 3.05) is 6.54 Å². The van der Waals surface area contributed by atoms with Crippen LogP contribution >= 0.6 is 11.8 Å². The molecule has 2 heteroatoms. The molecule has 1 aromatic carbocycles. The van der Waals surface area contributed by atoms with Gasteiger partial charge in [0.2, 0.25) is 0 Å². The lowest BCUT2D eigenvalue weighted by molar-refractivity contribution is 0.537. The topological polar surface area (TPSA) is 12.0 Å². The Morgan fingerprint density at radius 3 is 2.69 bits per heavy atom. The number of hydrogen-bond donors (Lipinski definition) is 1. The summed E-state index contributed by atoms with van der Waals surface area (Å²) in [4.78, 5) is 1.37. The summed E-state index contributed by atoms with van der Waals surface area (Å²) in [5, 5.41) is 4.17. The Bertz CT molecular complexity index is 311. The fourth-order valence-corrected chi connectivity index (χ4v) is 2.53. The highest BCUT2D eigenvalue weighted by molar-refractivity contribution is 8.00. The van der Waals surface area contributed by atoms with Crippen LogP contribution in [0.3, 0.4) is 0 Å². The molecular formula is C14H23NS. The minimum absolute atomic E-state index is 0.621. The van der Waals surface area contributed by atoms with Gasteiger partial charge < -0.3 is 5.32 Å². The summed E-state index contributed by atoms with van der Waals surface area (Å²) in [6, 6.07) is 9.35. The molecule has 0 aliphatic carbocycles. The van der Waals surface area contributed by atoms with Gasteiger partial charge in [-0.05, 0) is 32.4 Å². The first kappa shape index (κ1) is 13.6.